The molecule has 0 aromatic heterocycles. The molecule has 0 amide bonds. The van der Waals surface area contributed by atoms with Crippen molar-refractivity contribution in [2.75, 3.05) is 34.8 Å². The average Bonchev–Trinajstić information content (AvgIpc) is 3.09. The lowest BCUT2D eigenvalue weighted by Gasteiger charge is -2.24. The van der Waals surface area contributed by atoms with Gasteiger partial charge in [0.2, 0.25) is 0 Å². The van der Waals surface area contributed by atoms with Gasteiger partial charge in [-0.15, -0.1) is 0 Å². The summed E-state index contributed by atoms with van der Waals surface area (Å²) < 4.78 is 0. The van der Waals surface area contributed by atoms with Crippen molar-refractivity contribution in [2.24, 2.45) is 0 Å². The van der Waals surface area contributed by atoms with Crippen LogP contribution in [0.3, 0.4) is 0 Å². The normalized spacial score (nSPS) is 10.9. The van der Waals surface area contributed by atoms with E-state index in [9.17, 15) is 0 Å². The summed E-state index contributed by atoms with van der Waals surface area (Å²) in [7, 11) is 0. The zero-order valence-electron chi connectivity index (χ0n) is 25.9. The summed E-state index contributed by atoms with van der Waals surface area (Å²) in [4.78, 5) is 4.70. The quantitative estimate of drug-likeness (QED) is 0.123. The molecular formula is C41H40N3+. The summed E-state index contributed by atoms with van der Waals surface area (Å²) in [6.45, 7) is 9.22. The molecule has 0 heterocycles. The summed E-state index contributed by atoms with van der Waals surface area (Å²) in [6.07, 6.45) is 0. The van der Waals surface area contributed by atoms with Crippen molar-refractivity contribution in [1.82, 2.24) is 0 Å². The second kappa shape index (κ2) is 13.4. The fraction of sp³-hybridized carbons (Fsp3) is 0.146. The van der Waals surface area contributed by atoms with Gasteiger partial charge in [-0.25, -0.2) is 0 Å². The van der Waals surface area contributed by atoms with Gasteiger partial charge in [0.05, 0.1) is 39.7 Å². The largest absolute Gasteiger partial charge is 0.384 e. The third-order valence-electron chi connectivity index (χ3n) is 8.26. The number of rotatable bonds is 11. The fourth-order valence-corrected chi connectivity index (χ4v) is 6.20. The first-order valence-corrected chi connectivity index (χ1v) is 15.7. The molecule has 0 fully saturated rings. The molecule has 0 spiro atoms. The monoisotopic (exact) mass is 574 g/mol. The van der Waals surface area contributed by atoms with E-state index in [2.05, 4.69) is 181 Å². The lowest BCUT2D eigenvalue weighted by molar-refractivity contribution is 1.02. The van der Waals surface area contributed by atoms with Crippen molar-refractivity contribution in [3.63, 3.8) is 0 Å². The van der Waals surface area contributed by atoms with E-state index in [1.165, 1.54) is 61.8 Å². The topological polar surface area (TPSA) is 18.5 Å². The number of anilines is 5. The van der Waals surface area contributed by atoms with Gasteiger partial charge in [-0.05, 0) is 118 Å². The molecule has 0 bridgehead atoms. The van der Waals surface area contributed by atoms with Gasteiger partial charge in [-0.1, -0.05) is 48.5 Å². The zero-order valence-corrected chi connectivity index (χ0v) is 25.9. The molecule has 0 saturated heterocycles. The molecule has 218 valence electrons. The van der Waals surface area contributed by atoms with Crippen LogP contribution in [0.1, 0.15) is 37.5 Å². The predicted molar refractivity (Wildman–Crippen MR) is 190 cm³/mol. The van der Waals surface area contributed by atoms with Crippen LogP contribution in [-0.4, -0.2) is 19.6 Å². The van der Waals surface area contributed by atoms with Crippen molar-refractivity contribution in [3.8, 4) is 0 Å². The summed E-state index contributed by atoms with van der Waals surface area (Å²) >= 11 is 0. The maximum atomic E-state index is 3.56. The van der Waals surface area contributed by atoms with Crippen molar-refractivity contribution >= 4 is 39.2 Å². The Morgan fingerprint density at radius 3 is 1.34 bits per heavy atom. The van der Waals surface area contributed by atoms with Gasteiger partial charge in [0.25, 0.3) is 0 Å². The first-order chi connectivity index (χ1) is 21.7. The molecule has 44 heavy (non-hydrogen) atoms. The Morgan fingerprint density at radius 1 is 0.455 bits per heavy atom. The van der Waals surface area contributed by atoms with Crippen LogP contribution in [0.2, 0.25) is 0 Å². The summed E-state index contributed by atoms with van der Waals surface area (Å²) in [5.41, 5.74) is 9.56. The molecule has 0 saturated carbocycles. The second-order valence-electron chi connectivity index (χ2n) is 10.9. The summed E-state index contributed by atoms with van der Waals surface area (Å²) in [6, 6.07) is 52.6. The summed E-state index contributed by atoms with van der Waals surface area (Å²) in [5.74, 6) is 1.23. The van der Waals surface area contributed by atoms with Gasteiger partial charge >= 0.3 is 0 Å². The molecule has 1 N–H and O–H groups in total. The highest BCUT2D eigenvalue weighted by molar-refractivity contribution is 5.98. The van der Waals surface area contributed by atoms with Crippen molar-refractivity contribution < 1.29 is 0 Å². The number of para-hydroxylation sites is 2. The standard InChI is InChI=1S/C41H40N3/c1-4-42-40-30-29-39(37-19-13-14-20-38(37)40)41(31-21-25-35(26-22-31)43(5-2)33-15-9-7-10-16-33)32-23-27-36(28-24-32)44(6-3)34-17-11-8-12-18-34/h7-30,42H,4-6H2,1-3H3/q+1. The molecular weight excluding hydrogens is 534 g/mol. The Bertz CT molecular complexity index is 1690. The van der Waals surface area contributed by atoms with Gasteiger partial charge in [-0.3, -0.25) is 0 Å². The minimum atomic E-state index is 0.882. The number of benzene rings is 6. The first kappa shape index (κ1) is 28.9. The molecule has 0 atom stereocenters. The van der Waals surface area contributed by atoms with Gasteiger partial charge < -0.3 is 15.1 Å². The number of hydrogen-bond donors (Lipinski definition) is 1. The van der Waals surface area contributed by atoms with Gasteiger partial charge in [0.15, 0.2) is 0 Å². The van der Waals surface area contributed by atoms with Gasteiger partial charge in [-0.2, -0.15) is 0 Å². The number of hydrogen-bond acceptors (Lipinski definition) is 3. The zero-order chi connectivity index (χ0) is 30.3. The van der Waals surface area contributed by atoms with Crippen molar-refractivity contribution in [2.45, 2.75) is 20.8 Å². The van der Waals surface area contributed by atoms with Crippen LogP contribution in [0.15, 0.2) is 146 Å². The number of nitrogens with zero attached hydrogens (tertiary/aromatic N) is 2. The third-order valence-corrected chi connectivity index (χ3v) is 8.26. The third kappa shape index (κ3) is 5.87. The minimum Gasteiger partial charge on any atom is -0.384 e. The van der Waals surface area contributed by atoms with E-state index >= 15 is 0 Å². The lowest BCUT2D eigenvalue weighted by Crippen LogP contribution is -2.16. The fourth-order valence-electron chi connectivity index (χ4n) is 6.20. The van der Waals surface area contributed by atoms with E-state index < -0.39 is 0 Å². The van der Waals surface area contributed by atoms with Crippen LogP contribution >= 0.6 is 0 Å². The Balaban J connectivity index is 1.45. The maximum absolute atomic E-state index is 3.56. The average molecular weight is 575 g/mol. The first-order valence-electron chi connectivity index (χ1n) is 15.7. The smallest absolute Gasteiger partial charge is 0.0638 e. The lowest BCUT2D eigenvalue weighted by atomic mass is 9.82. The van der Waals surface area contributed by atoms with Crippen LogP contribution in [0.25, 0.3) is 10.8 Å². The van der Waals surface area contributed by atoms with E-state index in [1.54, 1.807) is 0 Å². The molecule has 0 unspecified atom stereocenters. The van der Waals surface area contributed by atoms with E-state index in [0.717, 1.165) is 19.6 Å². The molecule has 6 rings (SSSR count). The molecule has 0 radical (unpaired) electrons. The van der Waals surface area contributed by atoms with Crippen LogP contribution in [0, 0.1) is 5.92 Å². The SMILES string of the molecule is CCNc1ccc([C+](c2ccc(N(CC)c3ccccc3)cc2)c2ccc(N(CC)c3ccccc3)cc2)c2ccccc12. The van der Waals surface area contributed by atoms with Gasteiger partial charge in [0, 0.05) is 41.8 Å². The Hall–Kier alpha value is -5.15. The van der Waals surface area contributed by atoms with Crippen LogP contribution in [0.4, 0.5) is 28.4 Å². The highest BCUT2D eigenvalue weighted by Crippen LogP contribution is 2.39. The summed E-state index contributed by atoms with van der Waals surface area (Å²) in [5, 5.41) is 6.04. The van der Waals surface area contributed by atoms with Crippen LogP contribution < -0.4 is 15.1 Å². The Labute approximate surface area is 262 Å². The number of nitrogens with one attached hydrogen (secondary N) is 1. The van der Waals surface area contributed by atoms with E-state index in [-0.39, 0.29) is 0 Å². The van der Waals surface area contributed by atoms with E-state index in [1.807, 2.05) is 0 Å². The van der Waals surface area contributed by atoms with Gasteiger partial charge in [0.1, 0.15) is 0 Å². The van der Waals surface area contributed by atoms with Crippen LogP contribution in [0.5, 0.6) is 0 Å². The molecule has 6 aromatic carbocycles. The highest BCUT2D eigenvalue weighted by atomic mass is 15.1. The number of fused-ring (bicyclic) bond motifs is 1. The maximum Gasteiger partial charge on any atom is 0.0638 e. The molecule has 0 aliphatic heterocycles. The second-order valence-corrected chi connectivity index (χ2v) is 10.9. The molecule has 0 aliphatic carbocycles. The van der Waals surface area contributed by atoms with E-state index in [4.69, 9.17) is 0 Å². The molecule has 6 aromatic rings. The van der Waals surface area contributed by atoms with Crippen LogP contribution in [-0.2, 0) is 0 Å². The minimum absolute atomic E-state index is 0.882. The predicted octanol–water partition coefficient (Wildman–Crippen LogP) is 10.6. The Kier molecular flexibility index (Phi) is 8.84. The van der Waals surface area contributed by atoms with Crippen molar-refractivity contribution in [1.29, 1.82) is 0 Å². The molecule has 0 aliphatic rings. The van der Waals surface area contributed by atoms with Crippen molar-refractivity contribution in [3.05, 3.63) is 168 Å². The highest BCUT2D eigenvalue weighted by Gasteiger charge is 2.26. The molecule has 3 nitrogen and oxygen atoms in total. The molecule has 3 heteroatoms. The Morgan fingerprint density at radius 2 is 0.886 bits per heavy atom. The van der Waals surface area contributed by atoms with E-state index in [0.29, 0.717) is 0 Å².